The summed E-state index contributed by atoms with van der Waals surface area (Å²) in [4.78, 5) is 38.5. The highest BCUT2D eigenvalue weighted by atomic mass is 19.3. The minimum Gasteiger partial charge on any atom is -0.479 e. The average molecular weight is 484 g/mol. The summed E-state index contributed by atoms with van der Waals surface area (Å²) in [5.41, 5.74) is 2.75. The number of amides is 2. The Morgan fingerprint density at radius 1 is 1.03 bits per heavy atom. The monoisotopic (exact) mass is 484 g/mol. The smallest absolute Gasteiger partial charge is 0.407 e. The number of halogens is 2. The second-order valence-corrected chi connectivity index (χ2v) is 9.45. The molecule has 2 N–H and O–H groups in total. The molecule has 2 aliphatic heterocycles. The molecule has 5 rings (SSSR count). The number of nitrogens with one attached hydrogen (secondary N) is 1. The Balaban J connectivity index is 1.24. The van der Waals surface area contributed by atoms with Gasteiger partial charge in [0, 0.05) is 12.0 Å². The molecule has 2 heterocycles. The first kappa shape index (κ1) is 23.3. The van der Waals surface area contributed by atoms with Crippen LogP contribution in [-0.2, 0) is 14.3 Å². The largest absolute Gasteiger partial charge is 0.479 e. The first-order valence-electron chi connectivity index (χ1n) is 11.8. The summed E-state index contributed by atoms with van der Waals surface area (Å²) in [6.07, 6.45) is -3.03. The number of benzene rings is 2. The van der Waals surface area contributed by atoms with Gasteiger partial charge in [0.1, 0.15) is 18.2 Å². The van der Waals surface area contributed by atoms with Crippen LogP contribution >= 0.6 is 0 Å². The molecule has 9 heteroatoms. The zero-order valence-electron chi connectivity index (χ0n) is 19.0. The molecule has 3 aliphatic rings. The second-order valence-electron chi connectivity index (χ2n) is 9.45. The third-order valence-corrected chi connectivity index (χ3v) is 7.62. The molecule has 0 aromatic heterocycles. The van der Waals surface area contributed by atoms with E-state index in [0.717, 1.165) is 22.3 Å². The number of ether oxygens (including phenoxy) is 1. The van der Waals surface area contributed by atoms with E-state index in [1.807, 2.05) is 48.5 Å². The van der Waals surface area contributed by atoms with Crippen LogP contribution in [0, 0.1) is 0 Å². The highest BCUT2D eigenvalue weighted by molar-refractivity contribution is 5.89. The van der Waals surface area contributed by atoms with Crippen LogP contribution in [0.2, 0.25) is 0 Å². The topological polar surface area (TPSA) is 95.9 Å². The van der Waals surface area contributed by atoms with Crippen LogP contribution in [0.15, 0.2) is 48.5 Å². The van der Waals surface area contributed by atoms with Crippen LogP contribution in [0.5, 0.6) is 0 Å². The second kappa shape index (κ2) is 8.94. The first-order chi connectivity index (χ1) is 16.8. The third-order valence-electron chi connectivity index (χ3n) is 7.62. The Morgan fingerprint density at radius 2 is 1.60 bits per heavy atom. The van der Waals surface area contributed by atoms with Crippen molar-refractivity contribution in [3.63, 3.8) is 0 Å². The minimum absolute atomic E-state index is 0.0416. The lowest BCUT2D eigenvalue weighted by atomic mass is 9.88. The third kappa shape index (κ3) is 3.92. The van der Waals surface area contributed by atoms with E-state index in [9.17, 15) is 28.3 Å². The number of alkyl carbamates (subject to hydrolysis) is 1. The summed E-state index contributed by atoms with van der Waals surface area (Å²) in [5.74, 6) is -2.02. The molecule has 184 valence electrons. The van der Waals surface area contributed by atoms with Crippen molar-refractivity contribution >= 4 is 18.0 Å². The van der Waals surface area contributed by atoms with Crippen molar-refractivity contribution in [2.45, 2.75) is 62.1 Å². The number of hydrogen-bond donors (Lipinski definition) is 2. The van der Waals surface area contributed by atoms with Gasteiger partial charge >= 0.3 is 12.1 Å². The van der Waals surface area contributed by atoms with Crippen LogP contribution in [0.25, 0.3) is 11.1 Å². The highest BCUT2D eigenvalue weighted by Gasteiger charge is 2.58. The van der Waals surface area contributed by atoms with Gasteiger partial charge in [0.25, 0.3) is 6.43 Å². The normalized spacial score (nSPS) is 23.2. The number of nitrogens with zero attached hydrogens (tertiary/aromatic N) is 1. The molecule has 0 spiro atoms. The first-order valence-corrected chi connectivity index (χ1v) is 11.8. The van der Waals surface area contributed by atoms with Crippen LogP contribution in [0.4, 0.5) is 13.6 Å². The van der Waals surface area contributed by atoms with Gasteiger partial charge in [-0.05, 0) is 47.9 Å². The summed E-state index contributed by atoms with van der Waals surface area (Å²) in [6, 6.07) is 13.5. The van der Waals surface area contributed by atoms with Crippen molar-refractivity contribution < 1.29 is 33.0 Å². The van der Waals surface area contributed by atoms with Gasteiger partial charge in [-0.25, -0.2) is 18.4 Å². The summed E-state index contributed by atoms with van der Waals surface area (Å²) in [5, 5.41) is 11.8. The Hall–Kier alpha value is -3.49. The number of carboxylic acids is 1. The van der Waals surface area contributed by atoms with E-state index >= 15 is 0 Å². The molecule has 2 bridgehead atoms. The number of aliphatic carboxylic acids is 1. The Bertz CT molecular complexity index is 1120. The van der Waals surface area contributed by atoms with Gasteiger partial charge in [-0.2, -0.15) is 0 Å². The lowest BCUT2D eigenvalue weighted by Gasteiger charge is -2.32. The Labute approximate surface area is 201 Å². The van der Waals surface area contributed by atoms with Crippen molar-refractivity contribution in [1.29, 1.82) is 0 Å². The maximum absolute atomic E-state index is 13.7. The van der Waals surface area contributed by atoms with E-state index in [0.29, 0.717) is 25.7 Å². The predicted molar refractivity (Wildman–Crippen MR) is 122 cm³/mol. The molecule has 2 fully saturated rings. The SMILES string of the molecule is O=C(NC(CC(=O)N1C2CCC1(C(=O)O)CC2)C(F)F)OCC1c2ccccc2-c2ccccc21. The number of carboxylic acid groups (broad SMARTS) is 1. The van der Waals surface area contributed by atoms with E-state index in [-0.39, 0.29) is 18.6 Å². The van der Waals surface area contributed by atoms with Crippen molar-refractivity contribution in [2.24, 2.45) is 0 Å². The van der Waals surface area contributed by atoms with Crippen LogP contribution in [0.3, 0.4) is 0 Å². The van der Waals surface area contributed by atoms with E-state index in [1.54, 1.807) is 0 Å². The molecule has 1 atom stereocenters. The zero-order valence-corrected chi connectivity index (χ0v) is 19.0. The fraction of sp³-hybridized carbons (Fsp3) is 0.423. The summed E-state index contributed by atoms with van der Waals surface area (Å²) in [6.45, 7) is -0.0416. The molecule has 0 saturated carbocycles. The lowest BCUT2D eigenvalue weighted by molar-refractivity contribution is -0.155. The molecule has 1 aliphatic carbocycles. The summed E-state index contributed by atoms with van der Waals surface area (Å²) >= 11 is 0. The van der Waals surface area contributed by atoms with Gasteiger partial charge in [-0.1, -0.05) is 48.5 Å². The van der Waals surface area contributed by atoms with Crippen molar-refractivity contribution in [3.05, 3.63) is 59.7 Å². The van der Waals surface area contributed by atoms with E-state index < -0.39 is 42.4 Å². The molecule has 35 heavy (non-hydrogen) atoms. The van der Waals surface area contributed by atoms with Gasteiger partial charge in [-0.3, -0.25) is 4.79 Å². The fourth-order valence-electron chi connectivity index (χ4n) is 5.97. The number of carbonyl (C=O) groups excluding carboxylic acids is 2. The molecule has 2 amide bonds. The van der Waals surface area contributed by atoms with Crippen LogP contribution in [0.1, 0.15) is 49.1 Å². The zero-order chi connectivity index (χ0) is 24.7. The van der Waals surface area contributed by atoms with Crippen LogP contribution in [-0.4, -0.2) is 58.6 Å². The lowest BCUT2D eigenvalue weighted by Crippen LogP contribution is -2.53. The molecular weight excluding hydrogens is 458 g/mol. The van der Waals surface area contributed by atoms with Crippen molar-refractivity contribution in [2.75, 3.05) is 6.61 Å². The summed E-state index contributed by atoms with van der Waals surface area (Å²) < 4.78 is 32.8. The maximum Gasteiger partial charge on any atom is 0.407 e. The molecule has 1 unspecified atom stereocenters. The molecular formula is C26H26F2N2O5. The van der Waals surface area contributed by atoms with E-state index in [2.05, 4.69) is 5.32 Å². The molecule has 2 aromatic carbocycles. The van der Waals surface area contributed by atoms with Gasteiger partial charge in [0.15, 0.2) is 0 Å². The highest BCUT2D eigenvalue weighted by Crippen LogP contribution is 2.47. The van der Waals surface area contributed by atoms with Gasteiger partial charge in [0.05, 0.1) is 6.42 Å². The van der Waals surface area contributed by atoms with Crippen molar-refractivity contribution in [1.82, 2.24) is 10.2 Å². The van der Waals surface area contributed by atoms with Gasteiger partial charge < -0.3 is 20.1 Å². The number of hydrogen-bond acceptors (Lipinski definition) is 4. The molecule has 2 aromatic rings. The summed E-state index contributed by atoms with van der Waals surface area (Å²) in [7, 11) is 0. The van der Waals surface area contributed by atoms with E-state index in [4.69, 9.17) is 4.74 Å². The molecule has 2 saturated heterocycles. The van der Waals surface area contributed by atoms with Crippen LogP contribution < -0.4 is 5.32 Å². The Morgan fingerprint density at radius 3 is 2.14 bits per heavy atom. The number of fused-ring (bicyclic) bond motifs is 5. The Kier molecular flexibility index (Phi) is 5.94. The van der Waals surface area contributed by atoms with Gasteiger partial charge in [-0.15, -0.1) is 0 Å². The number of alkyl halides is 2. The fourth-order valence-corrected chi connectivity index (χ4v) is 5.97. The standard InChI is InChI=1S/C26H26F2N2O5/c27-23(28)21(13-22(31)30-15-9-11-26(30,12-10-15)24(32)33)29-25(34)35-14-20-18-7-3-1-5-16(18)17-6-2-4-8-19(17)20/h1-8,15,20-21,23H,9-14H2,(H,29,34)(H,32,33). The average Bonchev–Trinajstić information content (AvgIpc) is 3.51. The minimum atomic E-state index is -3.01. The predicted octanol–water partition coefficient (Wildman–Crippen LogP) is 4.16. The van der Waals surface area contributed by atoms with E-state index in [1.165, 1.54) is 4.90 Å². The number of rotatable bonds is 7. The maximum atomic E-state index is 13.7. The molecule has 7 nitrogen and oxygen atoms in total. The quantitative estimate of drug-likeness (QED) is 0.616. The van der Waals surface area contributed by atoms with Gasteiger partial charge in [0.2, 0.25) is 5.91 Å². The van der Waals surface area contributed by atoms with Crippen molar-refractivity contribution in [3.8, 4) is 11.1 Å². The number of carbonyl (C=O) groups is 3. The molecule has 0 radical (unpaired) electrons.